The van der Waals surface area contributed by atoms with Crippen molar-refractivity contribution in [2.45, 2.75) is 5.54 Å². The van der Waals surface area contributed by atoms with Crippen LogP contribution < -0.4 is 0 Å². The van der Waals surface area contributed by atoms with Crippen LogP contribution in [0.15, 0.2) is 53.7 Å². The molecule has 0 N–H and O–H groups in total. The third kappa shape index (κ3) is 2.77. The topological polar surface area (TPSA) is 59.4 Å². The van der Waals surface area contributed by atoms with Crippen LogP contribution in [0, 0.1) is 0 Å². The Labute approximate surface area is 152 Å². The fraction of sp³-hybridized carbons (Fsp3) is 0.0588. The molecule has 1 aromatic heterocycles. The van der Waals surface area contributed by atoms with Gasteiger partial charge in [-0.2, -0.15) is 0 Å². The van der Waals surface area contributed by atoms with Crippen molar-refractivity contribution in [2.24, 2.45) is 4.99 Å². The van der Waals surface area contributed by atoms with Gasteiger partial charge < -0.3 is 0 Å². The van der Waals surface area contributed by atoms with Crippen molar-refractivity contribution < 1.29 is 9.59 Å². The average molecular weight is 380 g/mol. The van der Waals surface area contributed by atoms with Crippen molar-refractivity contribution in [3.63, 3.8) is 0 Å². The smallest absolute Gasteiger partial charge is 0.253 e. The Bertz CT molecular complexity index is 857. The lowest BCUT2D eigenvalue weighted by Crippen LogP contribution is -2.32. The fourth-order valence-electron chi connectivity index (χ4n) is 2.43. The standard InChI is InChI=1S/C17H9Cl3N2O2/c18-11-3-1-4-12(19)14(11)15(23)17(7-2-8-22-17)13-6-5-10(9-21-13)16(20)24/h1-9H. The highest BCUT2D eigenvalue weighted by molar-refractivity contribution is 6.67. The van der Waals surface area contributed by atoms with E-state index < -0.39 is 16.6 Å². The first kappa shape index (κ1) is 16.8. The van der Waals surface area contributed by atoms with E-state index in [0.717, 1.165) is 0 Å². The van der Waals surface area contributed by atoms with Crippen LogP contribution in [0.4, 0.5) is 0 Å². The summed E-state index contributed by atoms with van der Waals surface area (Å²) in [5.41, 5.74) is -0.633. The molecule has 120 valence electrons. The summed E-state index contributed by atoms with van der Waals surface area (Å²) in [4.78, 5) is 32.8. The molecule has 0 saturated carbocycles. The summed E-state index contributed by atoms with van der Waals surface area (Å²) in [5.74, 6) is -0.402. The average Bonchev–Trinajstić information content (AvgIpc) is 3.05. The van der Waals surface area contributed by atoms with Gasteiger partial charge in [-0.05, 0) is 48.0 Å². The van der Waals surface area contributed by atoms with Gasteiger partial charge in [0.05, 0.1) is 26.9 Å². The van der Waals surface area contributed by atoms with E-state index in [1.807, 2.05) is 0 Å². The quantitative estimate of drug-likeness (QED) is 0.581. The number of Topliss-reactive ketones (excluding diaryl/α,β-unsaturated/α-hetero) is 1. The van der Waals surface area contributed by atoms with E-state index in [4.69, 9.17) is 34.8 Å². The minimum absolute atomic E-state index is 0.170. The summed E-state index contributed by atoms with van der Waals surface area (Å²) < 4.78 is 0. The Morgan fingerprint density at radius 3 is 2.25 bits per heavy atom. The summed E-state index contributed by atoms with van der Waals surface area (Å²) in [6.07, 6.45) is 6.06. The number of halogens is 3. The summed E-state index contributed by atoms with van der Waals surface area (Å²) in [6, 6.07) is 7.84. The molecular weight excluding hydrogens is 371 g/mol. The highest BCUT2D eigenvalue weighted by Gasteiger charge is 2.42. The summed E-state index contributed by atoms with van der Waals surface area (Å²) in [6.45, 7) is 0. The molecule has 1 aromatic carbocycles. The van der Waals surface area contributed by atoms with Gasteiger partial charge >= 0.3 is 0 Å². The van der Waals surface area contributed by atoms with Crippen LogP contribution in [-0.2, 0) is 5.54 Å². The Kier molecular flexibility index (Phi) is 4.54. The van der Waals surface area contributed by atoms with Crippen molar-refractivity contribution >= 4 is 52.0 Å². The second-order valence-corrected chi connectivity index (χ2v) is 6.19. The molecule has 24 heavy (non-hydrogen) atoms. The lowest BCUT2D eigenvalue weighted by molar-refractivity contribution is 0.0921. The minimum Gasteiger partial charge on any atom is -0.290 e. The first-order valence-corrected chi connectivity index (χ1v) is 7.97. The summed E-state index contributed by atoms with van der Waals surface area (Å²) >= 11 is 17.7. The zero-order valence-corrected chi connectivity index (χ0v) is 14.3. The highest BCUT2D eigenvalue weighted by atomic mass is 35.5. The first-order valence-electron chi connectivity index (χ1n) is 6.84. The Balaban J connectivity index is 2.13. The molecule has 0 radical (unpaired) electrons. The van der Waals surface area contributed by atoms with E-state index in [2.05, 4.69) is 9.98 Å². The van der Waals surface area contributed by atoms with E-state index in [1.165, 1.54) is 24.5 Å². The van der Waals surface area contributed by atoms with Crippen molar-refractivity contribution in [1.29, 1.82) is 0 Å². The number of hydrogen-bond donors (Lipinski definition) is 0. The van der Waals surface area contributed by atoms with Gasteiger partial charge in [-0.15, -0.1) is 0 Å². The SMILES string of the molecule is O=C(Cl)c1ccc(C2(C(=O)c3c(Cl)cccc3Cl)C=CC=N2)nc1. The number of allylic oxidation sites excluding steroid dienone is 1. The Hall–Kier alpha value is -2.01. The predicted octanol–water partition coefficient (Wildman–Crippen LogP) is 4.49. The zero-order valence-electron chi connectivity index (χ0n) is 12.0. The van der Waals surface area contributed by atoms with Gasteiger partial charge in [0.2, 0.25) is 5.78 Å². The molecule has 2 aromatic rings. The number of aliphatic imine (C=N–C) groups is 1. The summed E-state index contributed by atoms with van der Waals surface area (Å²) in [7, 11) is 0. The molecule has 1 atom stereocenters. The normalized spacial score (nSPS) is 18.8. The van der Waals surface area contributed by atoms with Crippen LogP contribution in [0.2, 0.25) is 10.0 Å². The third-order valence-electron chi connectivity index (χ3n) is 3.62. The highest BCUT2D eigenvalue weighted by Crippen LogP contribution is 2.37. The van der Waals surface area contributed by atoms with E-state index in [1.54, 1.807) is 30.4 Å². The second-order valence-electron chi connectivity index (χ2n) is 5.04. The fourth-order valence-corrected chi connectivity index (χ4v) is 3.11. The number of rotatable bonds is 4. The van der Waals surface area contributed by atoms with Crippen LogP contribution in [-0.4, -0.2) is 22.2 Å². The van der Waals surface area contributed by atoms with Gasteiger partial charge in [0, 0.05) is 12.4 Å². The summed E-state index contributed by atoms with van der Waals surface area (Å²) in [5, 5.41) is -0.168. The molecule has 0 fully saturated rings. The monoisotopic (exact) mass is 378 g/mol. The van der Waals surface area contributed by atoms with Gasteiger partial charge in [0.1, 0.15) is 0 Å². The number of benzene rings is 1. The molecule has 0 saturated heterocycles. The van der Waals surface area contributed by atoms with Gasteiger partial charge in [0.25, 0.3) is 5.24 Å². The molecule has 3 rings (SSSR count). The molecular formula is C17H9Cl3N2O2. The van der Waals surface area contributed by atoms with Crippen LogP contribution in [0.5, 0.6) is 0 Å². The van der Waals surface area contributed by atoms with Crippen molar-refractivity contribution in [1.82, 2.24) is 4.98 Å². The van der Waals surface area contributed by atoms with Gasteiger partial charge in [-0.3, -0.25) is 19.6 Å². The molecule has 1 aliphatic rings. The van der Waals surface area contributed by atoms with Crippen LogP contribution in [0.1, 0.15) is 26.4 Å². The molecule has 0 aliphatic carbocycles. The largest absolute Gasteiger partial charge is 0.290 e. The maximum Gasteiger partial charge on any atom is 0.253 e. The number of nitrogens with zero attached hydrogens (tertiary/aromatic N) is 2. The molecule has 0 spiro atoms. The number of ketones is 1. The van der Waals surface area contributed by atoms with E-state index >= 15 is 0 Å². The molecule has 7 heteroatoms. The van der Waals surface area contributed by atoms with Gasteiger partial charge in [-0.1, -0.05) is 29.3 Å². The van der Waals surface area contributed by atoms with Crippen LogP contribution >= 0.6 is 34.8 Å². The third-order valence-corrected chi connectivity index (χ3v) is 4.47. The number of carbonyl (C=O) groups excluding carboxylic acids is 2. The maximum absolute atomic E-state index is 13.2. The first-order chi connectivity index (χ1) is 11.5. The van der Waals surface area contributed by atoms with Crippen LogP contribution in [0.3, 0.4) is 0 Å². The minimum atomic E-state index is -1.37. The van der Waals surface area contributed by atoms with Gasteiger partial charge in [-0.25, -0.2) is 0 Å². The molecule has 0 bridgehead atoms. The lowest BCUT2D eigenvalue weighted by atomic mass is 9.86. The predicted molar refractivity (Wildman–Crippen MR) is 94.5 cm³/mol. The molecule has 0 amide bonds. The van der Waals surface area contributed by atoms with E-state index in [0.29, 0.717) is 5.69 Å². The number of hydrogen-bond acceptors (Lipinski definition) is 4. The maximum atomic E-state index is 13.2. The number of aromatic nitrogens is 1. The molecule has 1 aliphatic heterocycles. The zero-order chi connectivity index (χ0) is 17.3. The molecule has 1 unspecified atom stereocenters. The Morgan fingerprint density at radius 2 is 1.75 bits per heavy atom. The Morgan fingerprint density at radius 1 is 1.04 bits per heavy atom. The van der Waals surface area contributed by atoms with E-state index in [-0.39, 0.29) is 21.2 Å². The number of carbonyl (C=O) groups is 2. The van der Waals surface area contributed by atoms with Crippen molar-refractivity contribution in [3.05, 3.63) is 75.5 Å². The number of pyridine rings is 1. The lowest BCUT2D eigenvalue weighted by Gasteiger charge is -2.23. The van der Waals surface area contributed by atoms with Crippen molar-refractivity contribution in [2.75, 3.05) is 0 Å². The molecule has 4 nitrogen and oxygen atoms in total. The van der Waals surface area contributed by atoms with E-state index in [9.17, 15) is 9.59 Å². The second kappa shape index (κ2) is 6.48. The van der Waals surface area contributed by atoms with Gasteiger partial charge in [0.15, 0.2) is 5.54 Å². The van der Waals surface area contributed by atoms with Crippen molar-refractivity contribution in [3.8, 4) is 0 Å². The van der Waals surface area contributed by atoms with Crippen LogP contribution in [0.25, 0.3) is 0 Å². The molecule has 2 heterocycles.